The molecule has 0 fully saturated rings. The van der Waals surface area contributed by atoms with Gasteiger partial charge >= 0.3 is 5.97 Å². The number of hydrogen-bond donors (Lipinski definition) is 2. The highest BCUT2D eigenvalue weighted by molar-refractivity contribution is 7.89. The zero-order valence-electron chi connectivity index (χ0n) is 12.9. The van der Waals surface area contributed by atoms with Crippen LogP contribution in [0, 0.1) is 17.6 Å². The molecule has 0 aromatic heterocycles. The molecule has 0 aliphatic heterocycles. The highest BCUT2D eigenvalue weighted by Gasteiger charge is 2.33. The van der Waals surface area contributed by atoms with E-state index in [0.29, 0.717) is 10.4 Å². The predicted octanol–water partition coefficient (Wildman–Crippen LogP) is 1.92. The quantitative estimate of drug-likeness (QED) is 0.729. The van der Waals surface area contributed by atoms with Crippen LogP contribution in [0.25, 0.3) is 0 Å². The normalized spacial score (nSPS) is 13.0. The molecular weight excluding hydrogens is 370 g/mol. The Hall–Kier alpha value is -1.78. The summed E-state index contributed by atoms with van der Waals surface area (Å²) in [6.45, 7) is 1.83. The summed E-state index contributed by atoms with van der Waals surface area (Å²) in [5, 5.41) is 10.1. The summed E-state index contributed by atoms with van der Waals surface area (Å²) in [5.41, 5.74) is -0.417. The molecule has 0 aliphatic carbocycles. The topological polar surface area (TPSA) is 104 Å². The van der Waals surface area contributed by atoms with Gasteiger partial charge in [0.25, 0.3) is 0 Å². The maximum Gasteiger partial charge on any atom is 0.307 e. The second kappa shape index (κ2) is 7.41. The zero-order valence-corrected chi connectivity index (χ0v) is 14.5. The minimum absolute atomic E-state index is 0.417. The Kier molecular flexibility index (Phi) is 6.26. The first-order chi connectivity index (χ1) is 10.9. The average Bonchev–Trinajstić information content (AvgIpc) is 2.43. The lowest BCUT2D eigenvalue weighted by Gasteiger charge is -2.20. The number of carboxylic acids is 1. The van der Waals surface area contributed by atoms with Crippen LogP contribution in [0.3, 0.4) is 0 Å². The van der Waals surface area contributed by atoms with E-state index in [1.165, 1.54) is 6.92 Å². The van der Waals surface area contributed by atoms with Gasteiger partial charge in [0.15, 0.2) is 10.7 Å². The van der Waals surface area contributed by atoms with Crippen LogP contribution in [-0.4, -0.2) is 43.3 Å². The van der Waals surface area contributed by atoms with E-state index in [-0.39, 0.29) is 0 Å². The number of carbonyl (C=O) groups is 2. The Labute approximate surface area is 142 Å². The van der Waals surface area contributed by atoms with Crippen LogP contribution in [0.4, 0.5) is 14.5 Å². The Balaban J connectivity index is 3.37. The number of nitrogens with one attached hydrogen (secondary N) is 1. The van der Waals surface area contributed by atoms with Gasteiger partial charge in [-0.1, -0.05) is 18.5 Å². The van der Waals surface area contributed by atoms with E-state index < -0.39 is 61.6 Å². The van der Waals surface area contributed by atoms with Gasteiger partial charge in [-0.3, -0.25) is 9.59 Å². The monoisotopic (exact) mass is 384 g/mol. The van der Waals surface area contributed by atoms with Gasteiger partial charge in [-0.25, -0.2) is 17.2 Å². The Morgan fingerprint density at radius 2 is 1.96 bits per heavy atom. The van der Waals surface area contributed by atoms with Crippen LogP contribution in [0.15, 0.2) is 11.0 Å². The molecule has 134 valence electrons. The summed E-state index contributed by atoms with van der Waals surface area (Å²) in [7, 11) is -3.68. The fourth-order valence-corrected chi connectivity index (χ4v) is 3.43. The van der Waals surface area contributed by atoms with Crippen LogP contribution < -0.4 is 5.32 Å². The fraction of sp³-hybridized carbons (Fsp3) is 0.385. The van der Waals surface area contributed by atoms with Crippen molar-refractivity contribution in [2.75, 3.05) is 18.9 Å². The van der Waals surface area contributed by atoms with Crippen LogP contribution in [-0.2, 0) is 19.6 Å². The summed E-state index contributed by atoms with van der Waals surface area (Å²) in [6, 6.07) is 0.578. The van der Waals surface area contributed by atoms with E-state index in [4.69, 9.17) is 16.7 Å². The first-order valence-electron chi connectivity index (χ1n) is 6.53. The first-order valence-corrected chi connectivity index (χ1v) is 8.35. The second-order valence-corrected chi connectivity index (χ2v) is 7.43. The van der Waals surface area contributed by atoms with Crippen molar-refractivity contribution >= 4 is 39.2 Å². The zero-order chi connectivity index (χ0) is 18.8. The molecule has 7 nitrogen and oxygen atoms in total. The number of aliphatic carboxylic acids is 1. The Morgan fingerprint density at radius 3 is 2.42 bits per heavy atom. The van der Waals surface area contributed by atoms with Crippen LogP contribution in [0.1, 0.15) is 13.8 Å². The molecule has 0 aliphatic rings. The van der Waals surface area contributed by atoms with Crippen LogP contribution in [0.5, 0.6) is 0 Å². The smallest absolute Gasteiger partial charge is 0.307 e. The highest BCUT2D eigenvalue weighted by atomic mass is 35.5. The number of halogens is 3. The minimum Gasteiger partial charge on any atom is -0.481 e. The van der Waals surface area contributed by atoms with Crippen molar-refractivity contribution < 1.29 is 31.9 Å². The Bertz CT molecular complexity index is 785. The molecule has 1 aromatic rings. The SMILES string of the molecule is CC(=O)Nc1cc(F)c(S(=O)(=O)N(C)CC(C)C(=O)O)c(F)c1Cl. The van der Waals surface area contributed by atoms with E-state index in [0.717, 1.165) is 14.0 Å². The Morgan fingerprint density at radius 1 is 1.42 bits per heavy atom. The lowest BCUT2D eigenvalue weighted by molar-refractivity contribution is -0.141. The summed E-state index contributed by atoms with van der Waals surface area (Å²) in [5.74, 6) is -6.05. The van der Waals surface area contributed by atoms with Gasteiger partial charge < -0.3 is 10.4 Å². The average molecular weight is 385 g/mol. The van der Waals surface area contributed by atoms with E-state index in [1.807, 2.05) is 0 Å². The third kappa shape index (κ3) is 4.19. The summed E-state index contributed by atoms with van der Waals surface area (Å²) in [6.07, 6.45) is 0. The molecule has 0 saturated carbocycles. The van der Waals surface area contributed by atoms with Gasteiger partial charge in [0, 0.05) is 26.6 Å². The molecule has 1 atom stereocenters. The van der Waals surface area contributed by atoms with Crippen LogP contribution >= 0.6 is 11.6 Å². The molecule has 1 unspecified atom stereocenters. The number of sulfonamides is 1. The van der Waals surface area contributed by atoms with Gasteiger partial charge in [-0.15, -0.1) is 0 Å². The van der Waals surface area contributed by atoms with Crippen molar-refractivity contribution in [3.05, 3.63) is 22.7 Å². The van der Waals surface area contributed by atoms with Crippen molar-refractivity contribution in [3.63, 3.8) is 0 Å². The number of nitrogens with zero attached hydrogens (tertiary/aromatic N) is 1. The molecule has 0 radical (unpaired) electrons. The van der Waals surface area contributed by atoms with Crippen LogP contribution in [0.2, 0.25) is 5.02 Å². The van der Waals surface area contributed by atoms with Gasteiger partial charge in [-0.05, 0) is 0 Å². The van der Waals surface area contributed by atoms with Gasteiger partial charge in [0.1, 0.15) is 10.8 Å². The van der Waals surface area contributed by atoms with E-state index in [2.05, 4.69) is 5.32 Å². The third-order valence-electron chi connectivity index (χ3n) is 3.05. The molecule has 24 heavy (non-hydrogen) atoms. The lowest BCUT2D eigenvalue weighted by Crippen LogP contribution is -2.34. The number of anilines is 1. The third-order valence-corrected chi connectivity index (χ3v) is 5.28. The standard InChI is InChI=1S/C13H15ClF2N2O5S/c1-6(13(20)21)5-18(3)24(22,23)12-8(15)4-9(17-7(2)19)10(14)11(12)16/h4,6H,5H2,1-3H3,(H,17,19)(H,20,21). The van der Waals surface area contributed by atoms with Crippen molar-refractivity contribution in [2.24, 2.45) is 5.92 Å². The summed E-state index contributed by atoms with van der Waals surface area (Å²) in [4.78, 5) is 20.5. The molecule has 1 rings (SSSR count). The predicted molar refractivity (Wildman–Crippen MR) is 82.3 cm³/mol. The van der Waals surface area contributed by atoms with E-state index in [1.54, 1.807) is 0 Å². The molecule has 0 spiro atoms. The van der Waals surface area contributed by atoms with E-state index in [9.17, 15) is 26.8 Å². The lowest BCUT2D eigenvalue weighted by atomic mass is 10.2. The van der Waals surface area contributed by atoms with Gasteiger partial charge in [0.05, 0.1) is 11.6 Å². The first kappa shape index (κ1) is 20.3. The molecule has 1 amide bonds. The fourth-order valence-electron chi connectivity index (χ4n) is 1.81. The van der Waals surface area contributed by atoms with Gasteiger partial charge in [-0.2, -0.15) is 4.31 Å². The largest absolute Gasteiger partial charge is 0.481 e. The number of carboxylic acid groups (broad SMARTS) is 1. The number of rotatable bonds is 6. The van der Waals surface area contributed by atoms with E-state index >= 15 is 0 Å². The van der Waals surface area contributed by atoms with Crippen molar-refractivity contribution in [1.29, 1.82) is 0 Å². The highest BCUT2D eigenvalue weighted by Crippen LogP contribution is 2.33. The molecular formula is C13H15ClF2N2O5S. The maximum atomic E-state index is 14.3. The molecule has 0 heterocycles. The number of hydrogen-bond acceptors (Lipinski definition) is 4. The second-order valence-electron chi connectivity index (χ2n) is 5.07. The maximum absolute atomic E-state index is 14.3. The number of carbonyl (C=O) groups excluding carboxylic acids is 1. The number of amides is 1. The number of benzene rings is 1. The van der Waals surface area contributed by atoms with Crippen molar-refractivity contribution in [3.8, 4) is 0 Å². The summed E-state index contributed by atoms with van der Waals surface area (Å²) >= 11 is 5.65. The van der Waals surface area contributed by atoms with Crippen molar-refractivity contribution in [2.45, 2.75) is 18.7 Å². The summed E-state index contributed by atoms with van der Waals surface area (Å²) < 4.78 is 53.6. The molecule has 1 aromatic carbocycles. The molecule has 2 N–H and O–H groups in total. The molecule has 11 heteroatoms. The minimum atomic E-state index is -4.67. The van der Waals surface area contributed by atoms with Crippen molar-refractivity contribution in [1.82, 2.24) is 4.31 Å². The molecule has 0 bridgehead atoms. The molecule has 0 saturated heterocycles. The van der Waals surface area contributed by atoms with Gasteiger partial charge in [0.2, 0.25) is 15.9 Å².